The summed E-state index contributed by atoms with van der Waals surface area (Å²) in [7, 11) is 0. The Morgan fingerprint density at radius 1 is 1.30 bits per heavy atom. The Kier molecular flexibility index (Phi) is 4.15. The van der Waals surface area contributed by atoms with Gasteiger partial charge in [-0.3, -0.25) is 9.80 Å². The molecule has 4 rings (SSSR count). The minimum absolute atomic E-state index is 0.0183. The first-order chi connectivity index (χ1) is 12.7. The van der Waals surface area contributed by atoms with Gasteiger partial charge in [-0.1, -0.05) is 23.8 Å². The number of carbonyl (C=O) groups excluding carboxylic acids is 1. The largest absolute Gasteiger partial charge is 0.507 e. The molecule has 0 spiro atoms. The monoisotopic (exact) mass is 366 g/mol. The lowest BCUT2D eigenvalue weighted by Crippen LogP contribution is -2.43. The van der Waals surface area contributed by atoms with Gasteiger partial charge >= 0.3 is 0 Å². The molecule has 1 fully saturated rings. The Morgan fingerprint density at radius 3 is 2.81 bits per heavy atom. The summed E-state index contributed by atoms with van der Waals surface area (Å²) in [5.74, 6) is 6.81. The number of fused-ring (bicyclic) bond motifs is 3. The molecule has 2 aromatic rings. The van der Waals surface area contributed by atoms with Crippen molar-refractivity contribution in [2.75, 3.05) is 6.54 Å². The molecule has 1 saturated heterocycles. The van der Waals surface area contributed by atoms with Crippen molar-refractivity contribution in [1.82, 2.24) is 5.01 Å². The maximum atomic E-state index is 11.9. The highest BCUT2D eigenvalue weighted by molar-refractivity contribution is 5.82. The topological polar surface area (TPSA) is 75.8 Å². The highest BCUT2D eigenvalue weighted by Gasteiger charge is 2.34. The number of hydrogen-bond acceptors (Lipinski definition) is 4. The molecule has 1 atom stereocenters. The minimum atomic E-state index is -0.470. The molecule has 3 N–H and O–H groups in total. The number of ether oxygens (including phenoxy) is 1. The van der Waals surface area contributed by atoms with Gasteiger partial charge in [0, 0.05) is 18.5 Å². The summed E-state index contributed by atoms with van der Waals surface area (Å²) in [4.78, 5) is 11.9. The number of hydrogen-bond donors (Lipinski definition) is 2. The van der Waals surface area contributed by atoms with Crippen molar-refractivity contribution in [1.29, 1.82) is 0 Å². The summed E-state index contributed by atoms with van der Waals surface area (Å²) in [6.07, 6.45) is 2.04. The summed E-state index contributed by atoms with van der Waals surface area (Å²) < 4.78 is 6.28. The van der Waals surface area contributed by atoms with E-state index in [0.717, 1.165) is 40.7 Å². The van der Waals surface area contributed by atoms with E-state index in [2.05, 4.69) is 25.1 Å². The molecule has 0 saturated carbocycles. The molecule has 0 radical (unpaired) electrons. The molecule has 5 heteroatoms. The van der Waals surface area contributed by atoms with Crippen LogP contribution < -0.4 is 10.6 Å². The minimum Gasteiger partial charge on any atom is -0.507 e. The van der Waals surface area contributed by atoms with Crippen LogP contribution in [-0.4, -0.2) is 22.6 Å². The van der Waals surface area contributed by atoms with Gasteiger partial charge in [0.05, 0.1) is 5.56 Å². The summed E-state index contributed by atoms with van der Waals surface area (Å²) in [6, 6.07) is 10.1. The number of nitrogens with two attached hydrogens (primary N) is 1. The van der Waals surface area contributed by atoms with E-state index in [1.807, 2.05) is 26.0 Å². The molecule has 2 aromatic carbocycles. The molecular formula is C22H26N2O3. The van der Waals surface area contributed by atoms with Crippen LogP contribution in [0.1, 0.15) is 43.4 Å². The highest BCUT2D eigenvalue weighted by atomic mass is 16.5. The van der Waals surface area contributed by atoms with E-state index >= 15 is 0 Å². The van der Waals surface area contributed by atoms with Crippen LogP contribution in [0.5, 0.6) is 11.5 Å². The quantitative estimate of drug-likeness (QED) is 0.628. The molecule has 27 heavy (non-hydrogen) atoms. The van der Waals surface area contributed by atoms with Gasteiger partial charge in [0.1, 0.15) is 17.1 Å². The predicted octanol–water partition coefficient (Wildman–Crippen LogP) is 3.65. The van der Waals surface area contributed by atoms with Gasteiger partial charge in [-0.15, -0.1) is 0 Å². The maximum Gasteiger partial charge on any atom is 0.236 e. The summed E-state index contributed by atoms with van der Waals surface area (Å²) >= 11 is 0. The molecule has 2 heterocycles. The second-order valence-corrected chi connectivity index (χ2v) is 8.30. The maximum absolute atomic E-state index is 11.9. The van der Waals surface area contributed by atoms with Crippen LogP contribution in [0.3, 0.4) is 0 Å². The van der Waals surface area contributed by atoms with Gasteiger partial charge in [-0.25, -0.2) is 5.84 Å². The average molecular weight is 366 g/mol. The van der Waals surface area contributed by atoms with Gasteiger partial charge < -0.3 is 9.84 Å². The fourth-order valence-corrected chi connectivity index (χ4v) is 4.27. The van der Waals surface area contributed by atoms with Crippen molar-refractivity contribution >= 4 is 5.91 Å². The first-order valence-electron chi connectivity index (χ1n) is 9.46. The van der Waals surface area contributed by atoms with Gasteiger partial charge in [0.25, 0.3) is 0 Å². The second kappa shape index (κ2) is 6.27. The molecule has 2 aliphatic heterocycles. The Hall–Kier alpha value is -2.53. The zero-order chi connectivity index (χ0) is 19.3. The number of nitrogens with zero attached hydrogens (tertiary/aromatic N) is 1. The van der Waals surface area contributed by atoms with Crippen molar-refractivity contribution in [2.24, 2.45) is 11.8 Å². The van der Waals surface area contributed by atoms with E-state index in [0.29, 0.717) is 18.7 Å². The number of rotatable bonds is 2. The number of phenols is 1. The first kappa shape index (κ1) is 17.9. The van der Waals surface area contributed by atoms with E-state index in [1.54, 1.807) is 0 Å². The lowest BCUT2D eigenvalue weighted by molar-refractivity contribution is -0.135. The van der Waals surface area contributed by atoms with E-state index in [9.17, 15) is 9.90 Å². The highest BCUT2D eigenvalue weighted by Crippen LogP contribution is 2.50. The number of hydrazine groups is 1. The van der Waals surface area contributed by atoms with E-state index in [1.165, 1.54) is 5.01 Å². The van der Waals surface area contributed by atoms with Gasteiger partial charge in [-0.05, 0) is 62.8 Å². The Labute approximate surface area is 159 Å². The van der Waals surface area contributed by atoms with Crippen LogP contribution in [0, 0.1) is 12.8 Å². The molecule has 0 aromatic heterocycles. The molecule has 1 unspecified atom stereocenters. The van der Waals surface area contributed by atoms with Crippen LogP contribution in [-0.2, 0) is 16.8 Å². The van der Waals surface area contributed by atoms with E-state index in [-0.39, 0.29) is 17.6 Å². The number of aryl methyl sites for hydroxylation is 1. The number of carbonyl (C=O) groups is 1. The third kappa shape index (κ3) is 3.16. The van der Waals surface area contributed by atoms with Crippen LogP contribution >= 0.6 is 0 Å². The zero-order valence-electron chi connectivity index (χ0n) is 16.1. The lowest BCUT2D eigenvalue weighted by atomic mass is 9.83. The van der Waals surface area contributed by atoms with Gasteiger partial charge in [-0.2, -0.15) is 0 Å². The van der Waals surface area contributed by atoms with Gasteiger partial charge in [0.15, 0.2) is 0 Å². The fraction of sp³-hybridized carbons (Fsp3) is 0.409. The number of aromatic hydroxyl groups is 1. The lowest BCUT2D eigenvalue weighted by Gasteiger charge is -2.36. The molecule has 0 aliphatic carbocycles. The van der Waals surface area contributed by atoms with E-state index in [4.69, 9.17) is 10.6 Å². The third-order valence-electron chi connectivity index (χ3n) is 5.69. The Balaban J connectivity index is 1.71. The Morgan fingerprint density at radius 2 is 2.07 bits per heavy atom. The summed E-state index contributed by atoms with van der Waals surface area (Å²) in [6.45, 7) is 6.72. The van der Waals surface area contributed by atoms with Crippen molar-refractivity contribution < 1.29 is 14.6 Å². The SMILES string of the molecule is Cc1ccc2c(c1)-c1c(O)cc(CC3CCN(N)C(=O)C3)cc1OC2(C)C. The van der Waals surface area contributed by atoms with Gasteiger partial charge in [0.2, 0.25) is 5.91 Å². The molecule has 2 aliphatic rings. The third-order valence-corrected chi connectivity index (χ3v) is 5.69. The molecular weight excluding hydrogens is 340 g/mol. The van der Waals surface area contributed by atoms with Crippen LogP contribution in [0.4, 0.5) is 0 Å². The number of phenolic OH excluding ortho intramolecular Hbond substituents is 1. The number of amides is 1. The van der Waals surface area contributed by atoms with Crippen LogP contribution in [0.2, 0.25) is 0 Å². The molecule has 0 bridgehead atoms. The fourth-order valence-electron chi connectivity index (χ4n) is 4.27. The normalized spacial score (nSPS) is 20.7. The molecule has 5 nitrogen and oxygen atoms in total. The number of piperidine rings is 1. The van der Waals surface area contributed by atoms with Crippen LogP contribution in [0.25, 0.3) is 11.1 Å². The summed E-state index contributed by atoms with van der Waals surface area (Å²) in [5.41, 5.74) is 4.52. The van der Waals surface area contributed by atoms with E-state index < -0.39 is 5.60 Å². The first-order valence-corrected chi connectivity index (χ1v) is 9.46. The van der Waals surface area contributed by atoms with Crippen molar-refractivity contribution in [3.05, 3.63) is 47.0 Å². The number of benzene rings is 2. The zero-order valence-corrected chi connectivity index (χ0v) is 16.1. The second-order valence-electron chi connectivity index (χ2n) is 8.30. The Bertz CT molecular complexity index is 920. The molecule has 142 valence electrons. The smallest absolute Gasteiger partial charge is 0.236 e. The van der Waals surface area contributed by atoms with Crippen molar-refractivity contribution in [2.45, 2.75) is 45.6 Å². The average Bonchev–Trinajstić information content (AvgIpc) is 2.57. The van der Waals surface area contributed by atoms with Crippen molar-refractivity contribution in [3.63, 3.8) is 0 Å². The molecule has 1 amide bonds. The summed E-state index contributed by atoms with van der Waals surface area (Å²) in [5, 5.41) is 12.1. The standard InChI is InChI=1S/C22H26N2O3/c1-13-4-5-17-16(8-13)21-18(25)10-15(11-19(21)27-22(17,2)3)9-14-6-7-24(23)20(26)12-14/h4-5,8,10-11,14,25H,6-7,9,12,23H2,1-3H3. The van der Waals surface area contributed by atoms with Crippen molar-refractivity contribution in [3.8, 4) is 22.6 Å². The predicted molar refractivity (Wildman–Crippen MR) is 104 cm³/mol. The van der Waals surface area contributed by atoms with Crippen LogP contribution in [0.15, 0.2) is 30.3 Å².